The number of para-hydroxylation sites is 2. The van der Waals surface area contributed by atoms with Crippen molar-refractivity contribution < 1.29 is 14.2 Å². The number of methoxy groups -OCH3 is 1. The van der Waals surface area contributed by atoms with Crippen LogP contribution < -0.4 is 14.8 Å². The molecule has 4 nitrogen and oxygen atoms in total. The van der Waals surface area contributed by atoms with Gasteiger partial charge in [-0.2, -0.15) is 0 Å². The number of hydrogen-bond donors (Lipinski definition) is 1. The third-order valence-electron chi connectivity index (χ3n) is 2.43. The Hall–Kier alpha value is -1.26. The van der Waals surface area contributed by atoms with Gasteiger partial charge in [0.15, 0.2) is 11.5 Å². The lowest BCUT2D eigenvalue weighted by molar-refractivity contribution is 0.121. The van der Waals surface area contributed by atoms with Crippen molar-refractivity contribution in [3.05, 3.63) is 24.3 Å². The Balaban J connectivity index is 2.07. The van der Waals surface area contributed by atoms with Gasteiger partial charge in [0, 0.05) is 19.6 Å². The molecule has 0 fully saturated rings. The fourth-order valence-corrected chi connectivity index (χ4v) is 1.50. The standard InChI is InChI=1S/C14H23NO3/c1-3-15-9-12-17-10-6-11-18-14-8-5-4-7-13(14)16-2/h4-5,7-8,15H,3,6,9-12H2,1-2H3. The molecule has 1 rings (SSSR count). The molecule has 0 heterocycles. The predicted octanol–water partition coefficient (Wildman–Crippen LogP) is 2.09. The van der Waals surface area contributed by atoms with Crippen molar-refractivity contribution in [2.45, 2.75) is 13.3 Å². The van der Waals surface area contributed by atoms with Crippen LogP contribution in [0.3, 0.4) is 0 Å². The second kappa shape index (κ2) is 9.74. The zero-order chi connectivity index (χ0) is 13.1. The van der Waals surface area contributed by atoms with Crippen LogP contribution in [-0.2, 0) is 4.74 Å². The van der Waals surface area contributed by atoms with E-state index in [0.717, 1.165) is 44.2 Å². The average molecular weight is 253 g/mol. The van der Waals surface area contributed by atoms with Gasteiger partial charge in [-0.05, 0) is 18.7 Å². The van der Waals surface area contributed by atoms with Crippen LogP contribution >= 0.6 is 0 Å². The van der Waals surface area contributed by atoms with E-state index in [1.807, 2.05) is 24.3 Å². The summed E-state index contributed by atoms with van der Waals surface area (Å²) in [6.07, 6.45) is 0.879. The minimum absolute atomic E-state index is 0.640. The molecule has 0 aromatic heterocycles. The summed E-state index contributed by atoms with van der Waals surface area (Å²) in [5, 5.41) is 3.21. The highest BCUT2D eigenvalue weighted by Gasteiger charge is 2.01. The molecule has 18 heavy (non-hydrogen) atoms. The van der Waals surface area contributed by atoms with Gasteiger partial charge in [-0.1, -0.05) is 19.1 Å². The van der Waals surface area contributed by atoms with Gasteiger partial charge >= 0.3 is 0 Å². The molecule has 0 bridgehead atoms. The maximum Gasteiger partial charge on any atom is 0.161 e. The molecule has 0 amide bonds. The van der Waals surface area contributed by atoms with Crippen LogP contribution in [-0.4, -0.2) is 40.0 Å². The highest BCUT2D eigenvalue weighted by Crippen LogP contribution is 2.25. The summed E-state index contributed by atoms with van der Waals surface area (Å²) in [5.74, 6) is 1.55. The average Bonchev–Trinajstić information content (AvgIpc) is 2.42. The van der Waals surface area contributed by atoms with Crippen molar-refractivity contribution in [1.82, 2.24) is 5.32 Å². The van der Waals surface area contributed by atoms with Crippen LogP contribution in [0.4, 0.5) is 0 Å². The fraction of sp³-hybridized carbons (Fsp3) is 0.571. The molecule has 0 saturated heterocycles. The molecular formula is C14H23NO3. The normalized spacial score (nSPS) is 10.3. The zero-order valence-electron chi connectivity index (χ0n) is 11.3. The molecule has 0 aliphatic heterocycles. The van der Waals surface area contributed by atoms with Crippen LogP contribution in [0.25, 0.3) is 0 Å². The first kappa shape index (κ1) is 14.8. The van der Waals surface area contributed by atoms with Crippen LogP contribution in [0.1, 0.15) is 13.3 Å². The third kappa shape index (κ3) is 5.89. The Bertz CT molecular complexity index is 318. The van der Waals surface area contributed by atoms with Gasteiger partial charge in [-0.25, -0.2) is 0 Å². The number of rotatable bonds is 10. The summed E-state index contributed by atoms with van der Waals surface area (Å²) in [4.78, 5) is 0. The van der Waals surface area contributed by atoms with E-state index in [1.54, 1.807) is 7.11 Å². The van der Waals surface area contributed by atoms with Crippen molar-refractivity contribution >= 4 is 0 Å². The Kier molecular flexibility index (Phi) is 8.01. The molecule has 102 valence electrons. The molecule has 1 aromatic carbocycles. The summed E-state index contributed by atoms with van der Waals surface area (Å²) < 4.78 is 16.3. The molecule has 0 aliphatic carbocycles. The highest BCUT2D eigenvalue weighted by molar-refractivity contribution is 5.39. The minimum atomic E-state index is 0.640. The topological polar surface area (TPSA) is 39.7 Å². The summed E-state index contributed by atoms with van der Waals surface area (Å²) in [5.41, 5.74) is 0. The maximum absolute atomic E-state index is 5.64. The van der Waals surface area contributed by atoms with Gasteiger partial charge in [-0.15, -0.1) is 0 Å². The van der Waals surface area contributed by atoms with Gasteiger partial charge in [-0.3, -0.25) is 0 Å². The number of likely N-dealkylation sites (N-methyl/N-ethyl adjacent to an activating group) is 1. The largest absolute Gasteiger partial charge is 0.493 e. The molecular weight excluding hydrogens is 230 g/mol. The molecule has 0 aliphatic rings. The van der Waals surface area contributed by atoms with E-state index < -0.39 is 0 Å². The minimum Gasteiger partial charge on any atom is -0.493 e. The van der Waals surface area contributed by atoms with Crippen molar-refractivity contribution in [1.29, 1.82) is 0 Å². The van der Waals surface area contributed by atoms with Gasteiger partial charge < -0.3 is 19.5 Å². The number of ether oxygens (including phenoxy) is 3. The number of hydrogen-bond acceptors (Lipinski definition) is 4. The SMILES string of the molecule is CCNCCOCCCOc1ccccc1OC. The smallest absolute Gasteiger partial charge is 0.161 e. The lowest BCUT2D eigenvalue weighted by Gasteiger charge is -2.10. The molecule has 4 heteroatoms. The van der Waals surface area contributed by atoms with Crippen molar-refractivity contribution in [3.63, 3.8) is 0 Å². The lowest BCUT2D eigenvalue weighted by atomic mass is 10.3. The summed E-state index contributed by atoms with van der Waals surface area (Å²) >= 11 is 0. The number of benzene rings is 1. The molecule has 0 saturated carbocycles. The van der Waals surface area contributed by atoms with Crippen molar-refractivity contribution in [3.8, 4) is 11.5 Å². The fourth-order valence-electron chi connectivity index (χ4n) is 1.50. The van der Waals surface area contributed by atoms with E-state index in [0.29, 0.717) is 6.61 Å². The lowest BCUT2D eigenvalue weighted by Crippen LogP contribution is -2.19. The Labute approximate surface area is 109 Å². The third-order valence-corrected chi connectivity index (χ3v) is 2.43. The van der Waals surface area contributed by atoms with E-state index in [2.05, 4.69) is 12.2 Å². The van der Waals surface area contributed by atoms with E-state index in [-0.39, 0.29) is 0 Å². The van der Waals surface area contributed by atoms with Gasteiger partial charge in [0.25, 0.3) is 0 Å². The summed E-state index contributed by atoms with van der Waals surface area (Å²) in [7, 11) is 1.64. The monoisotopic (exact) mass is 253 g/mol. The zero-order valence-corrected chi connectivity index (χ0v) is 11.3. The van der Waals surface area contributed by atoms with Crippen molar-refractivity contribution in [2.75, 3.05) is 40.0 Å². The Morgan fingerprint density at radius 2 is 1.83 bits per heavy atom. The number of nitrogens with one attached hydrogen (secondary N) is 1. The molecule has 1 aromatic rings. The first-order chi connectivity index (χ1) is 8.88. The summed E-state index contributed by atoms with van der Waals surface area (Å²) in [6, 6.07) is 7.66. The molecule has 0 spiro atoms. The molecule has 0 radical (unpaired) electrons. The van der Waals surface area contributed by atoms with Crippen molar-refractivity contribution in [2.24, 2.45) is 0 Å². The van der Waals surface area contributed by atoms with E-state index in [1.165, 1.54) is 0 Å². The van der Waals surface area contributed by atoms with E-state index >= 15 is 0 Å². The van der Waals surface area contributed by atoms with Crippen LogP contribution in [0.2, 0.25) is 0 Å². The Morgan fingerprint density at radius 3 is 2.56 bits per heavy atom. The summed E-state index contributed by atoms with van der Waals surface area (Å²) in [6.45, 7) is 6.09. The quantitative estimate of drug-likeness (QED) is 0.648. The van der Waals surface area contributed by atoms with E-state index in [4.69, 9.17) is 14.2 Å². The highest BCUT2D eigenvalue weighted by atomic mass is 16.5. The molecule has 1 N–H and O–H groups in total. The first-order valence-corrected chi connectivity index (χ1v) is 6.42. The van der Waals surface area contributed by atoms with Crippen LogP contribution in [0, 0.1) is 0 Å². The van der Waals surface area contributed by atoms with Gasteiger partial charge in [0.2, 0.25) is 0 Å². The van der Waals surface area contributed by atoms with Gasteiger partial charge in [0.05, 0.1) is 20.3 Å². The van der Waals surface area contributed by atoms with Gasteiger partial charge in [0.1, 0.15) is 0 Å². The predicted molar refractivity (Wildman–Crippen MR) is 72.5 cm³/mol. The maximum atomic E-state index is 5.64. The van der Waals surface area contributed by atoms with E-state index in [9.17, 15) is 0 Å². The first-order valence-electron chi connectivity index (χ1n) is 6.42. The van der Waals surface area contributed by atoms with Crippen LogP contribution in [0.5, 0.6) is 11.5 Å². The second-order valence-corrected chi connectivity index (χ2v) is 3.82. The second-order valence-electron chi connectivity index (χ2n) is 3.82. The molecule has 0 atom stereocenters. The Morgan fingerprint density at radius 1 is 1.06 bits per heavy atom. The van der Waals surface area contributed by atoms with Crippen LogP contribution in [0.15, 0.2) is 24.3 Å². The molecule has 0 unspecified atom stereocenters.